The highest BCUT2D eigenvalue weighted by Gasteiger charge is 2.19. The molecule has 0 unspecified atom stereocenters. The van der Waals surface area contributed by atoms with Gasteiger partial charge in [-0.25, -0.2) is 9.97 Å². The summed E-state index contributed by atoms with van der Waals surface area (Å²) in [5.74, 6) is 0.665. The molecule has 2 heteroatoms. The van der Waals surface area contributed by atoms with Crippen LogP contribution in [0.3, 0.4) is 0 Å². The predicted molar refractivity (Wildman–Crippen MR) is 230 cm³/mol. The van der Waals surface area contributed by atoms with Crippen LogP contribution >= 0.6 is 0 Å². The van der Waals surface area contributed by atoms with Gasteiger partial charge in [0.15, 0.2) is 5.82 Å². The van der Waals surface area contributed by atoms with Gasteiger partial charge in [0.25, 0.3) is 0 Å². The smallest absolute Gasteiger partial charge is 0.160 e. The molecule has 2 nitrogen and oxygen atoms in total. The van der Waals surface area contributed by atoms with Crippen molar-refractivity contribution >= 4 is 32.7 Å². The molecule has 1 heterocycles. The van der Waals surface area contributed by atoms with Crippen LogP contribution in [0.1, 0.15) is 30.7 Å². The van der Waals surface area contributed by atoms with E-state index < -0.39 is 0 Å². The summed E-state index contributed by atoms with van der Waals surface area (Å²) in [4.78, 5) is 10.7. The van der Waals surface area contributed by atoms with Crippen LogP contribution in [-0.2, 0) is 0 Å². The van der Waals surface area contributed by atoms with Gasteiger partial charge in [0.05, 0.1) is 11.4 Å². The van der Waals surface area contributed by atoms with Gasteiger partial charge >= 0.3 is 0 Å². The molecule has 53 heavy (non-hydrogen) atoms. The lowest BCUT2D eigenvalue weighted by atomic mass is 9.89. The van der Waals surface area contributed by atoms with E-state index in [9.17, 15) is 0 Å². The Balaban J connectivity index is 1.56. The number of allylic oxidation sites excluding steroid dienone is 9. The molecule has 0 aliphatic carbocycles. The van der Waals surface area contributed by atoms with Gasteiger partial charge in [0, 0.05) is 16.7 Å². The van der Waals surface area contributed by atoms with Crippen LogP contribution in [0.5, 0.6) is 0 Å². The fourth-order valence-electron chi connectivity index (χ4n) is 7.09. The van der Waals surface area contributed by atoms with Gasteiger partial charge in [-0.05, 0) is 112 Å². The number of rotatable bonds is 10. The van der Waals surface area contributed by atoms with E-state index in [1.54, 1.807) is 12.2 Å². The molecule has 1 aromatic heterocycles. The summed E-state index contributed by atoms with van der Waals surface area (Å²) in [6.45, 7) is 18.3. The normalized spacial score (nSPS) is 11.6. The molecule has 0 radical (unpaired) electrons. The van der Waals surface area contributed by atoms with E-state index in [-0.39, 0.29) is 0 Å². The van der Waals surface area contributed by atoms with Gasteiger partial charge in [-0.15, -0.1) is 0 Å². The molecular weight excluding hydrogens is 641 g/mol. The van der Waals surface area contributed by atoms with Crippen LogP contribution in [-0.4, -0.2) is 9.97 Å². The molecular formula is C51H42N2. The first-order valence-corrected chi connectivity index (χ1v) is 17.9. The Labute approximate surface area is 313 Å². The van der Waals surface area contributed by atoms with E-state index in [1.165, 1.54) is 21.5 Å². The third-order valence-corrected chi connectivity index (χ3v) is 9.70. The zero-order valence-electron chi connectivity index (χ0n) is 30.6. The highest BCUT2D eigenvalue weighted by atomic mass is 14.9. The second-order valence-corrected chi connectivity index (χ2v) is 13.4. The number of hydrogen-bond acceptors (Lipinski definition) is 2. The maximum absolute atomic E-state index is 5.38. The third kappa shape index (κ3) is 7.00. The van der Waals surface area contributed by atoms with E-state index >= 15 is 0 Å². The molecule has 0 spiro atoms. The van der Waals surface area contributed by atoms with E-state index in [0.717, 1.165) is 72.6 Å². The number of aromatic nitrogens is 2. The summed E-state index contributed by atoms with van der Waals surface area (Å²) in [6, 6.07) is 45.4. The molecule has 256 valence electrons. The monoisotopic (exact) mass is 682 g/mol. The second kappa shape index (κ2) is 15.3. The van der Waals surface area contributed by atoms with Gasteiger partial charge in [0.2, 0.25) is 0 Å². The Morgan fingerprint density at radius 2 is 1.26 bits per heavy atom. The lowest BCUT2D eigenvalue weighted by Crippen LogP contribution is -2.03. The van der Waals surface area contributed by atoms with Crippen LogP contribution in [0.25, 0.3) is 77.6 Å². The van der Waals surface area contributed by atoms with Crippen LogP contribution < -0.4 is 0 Å². The van der Waals surface area contributed by atoms with E-state index in [1.807, 2.05) is 24.3 Å². The van der Waals surface area contributed by atoms with Crippen LogP contribution in [0.2, 0.25) is 0 Å². The van der Waals surface area contributed by atoms with Gasteiger partial charge in [-0.3, -0.25) is 0 Å². The van der Waals surface area contributed by atoms with Crippen molar-refractivity contribution in [2.75, 3.05) is 0 Å². The minimum absolute atomic E-state index is 0.665. The standard InChI is InChI=1S/C51H42N2/c1-7-10-25-44(34(4)5)50-35(6)49(37-20-12-11-13-21-37)52-51(53-50)43-31-41(39-24-18-23-38(29-39)36(9-3)19-8-2)30-42(32-43)48-33-40-22-14-15-26-45(40)46-27-16-17-28-47(46)48/h7-33H,1-3H2,4-6H3/b25-10-,36-19+. The molecule has 6 aromatic carbocycles. The summed E-state index contributed by atoms with van der Waals surface area (Å²) < 4.78 is 0. The Hall–Kier alpha value is -6.64. The van der Waals surface area contributed by atoms with Crippen LogP contribution in [0, 0.1) is 6.92 Å². The fourth-order valence-corrected chi connectivity index (χ4v) is 7.09. The van der Waals surface area contributed by atoms with Crippen molar-refractivity contribution in [1.29, 1.82) is 0 Å². The average Bonchev–Trinajstić information content (AvgIpc) is 3.20. The Kier molecular flexibility index (Phi) is 10.0. The third-order valence-electron chi connectivity index (χ3n) is 9.70. The number of fused-ring (bicyclic) bond motifs is 3. The summed E-state index contributed by atoms with van der Waals surface area (Å²) >= 11 is 0. The quantitative estimate of drug-likeness (QED) is 0.106. The molecule has 0 aliphatic heterocycles. The molecule has 7 rings (SSSR count). The number of hydrogen-bond donors (Lipinski definition) is 0. The first-order chi connectivity index (χ1) is 25.9. The molecule has 0 amide bonds. The lowest BCUT2D eigenvalue weighted by Gasteiger charge is -2.17. The van der Waals surface area contributed by atoms with Gasteiger partial charge in [0.1, 0.15) is 0 Å². The predicted octanol–water partition coefficient (Wildman–Crippen LogP) is 14.1. The van der Waals surface area contributed by atoms with Crippen molar-refractivity contribution in [2.24, 2.45) is 0 Å². The largest absolute Gasteiger partial charge is 0.228 e. The van der Waals surface area contributed by atoms with E-state index in [4.69, 9.17) is 9.97 Å². The SMILES string of the molecule is C=C/C=C\C(=C(C)C)c1nc(-c2cc(-c3cccc(/C(C=C)=C/C=C)c3)cc(-c3cc4ccccc4c4ccccc34)c2)nc(-c2ccccc2)c1C. The summed E-state index contributed by atoms with van der Waals surface area (Å²) in [7, 11) is 0. The Bertz CT molecular complexity index is 2630. The van der Waals surface area contributed by atoms with Gasteiger partial charge in [-0.1, -0.05) is 159 Å². The molecule has 0 fully saturated rings. The van der Waals surface area contributed by atoms with Crippen molar-refractivity contribution in [3.63, 3.8) is 0 Å². The van der Waals surface area contributed by atoms with Gasteiger partial charge in [-0.2, -0.15) is 0 Å². The Morgan fingerprint density at radius 1 is 0.585 bits per heavy atom. The van der Waals surface area contributed by atoms with Crippen molar-refractivity contribution in [1.82, 2.24) is 9.97 Å². The zero-order chi connectivity index (χ0) is 36.9. The molecule has 0 saturated carbocycles. The maximum Gasteiger partial charge on any atom is 0.160 e. The molecule has 0 saturated heterocycles. The Morgan fingerprint density at radius 3 is 2.00 bits per heavy atom. The van der Waals surface area contributed by atoms with Crippen molar-refractivity contribution in [2.45, 2.75) is 20.8 Å². The summed E-state index contributed by atoms with van der Waals surface area (Å²) in [5, 5.41) is 4.86. The molecule has 0 N–H and O–H groups in total. The molecule has 0 atom stereocenters. The van der Waals surface area contributed by atoms with Crippen LogP contribution in [0.4, 0.5) is 0 Å². The number of benzene rings is 6. The van der Waals surface area contributed by atoms with Crippen molar-refractivity contribution < 1.29 is 0 Å². The topological polar surface area (TPSA) is 25.8 Å². The van der Waals surface area contributed by atoms with Crippen molar-refractivity contribution in [3.8, 4) is 44.9 Å². The first-order valence-electron chi connectivity index (χ1n) is 17.9. The van der Waals surface area contributed by atoms with E-state index in [2.05, 4.69) is 168 Å². The molecule has 0 bridgehead atoms. The second-order valence-electron chi connectivity index (χ2n) is 13.4. The van der Waals surface area contributed by atoms with Gasteiger partial charge < -0.3 is 0 Å². The summed E-state index contributed by atoms with van der Waals surface area (Å²) in [5.41, 5.74) is 13.5. The zero-order valence-corrected chi connectivity index (χ0v) is 30.6. The number of nitrogens with zero attached hydrogens (tertiary/aromatic N) is 2. The van der Waals surface area contributed by atoms with E-state index in [0.29, 0.717) is 5.82 Å². The van der Waals surface area contributed by atoms with Crippen molar-refractivity contribution in [3.05, 3.63) is 206 Å². The maximum atomic E-state index is 5.38. The minimum atomic E-state index is 0.665. The lowest BCUT2D eigenvalue weighted by molar-refractivity contribution is 1.11. The average molecular weight is 683 g/mol. The highest BCUT2D eigenvalue weighted by Crippen LogP contribution is 2.40. The highest BCUT2D eigenvalue weighted by molar-refractivity contribution is 6.14. The fraction of sp³-hybridized carbons (Fsp3) is 0.0588. The summed E-state index contributed by atoms with van der Waals surface area (Å²) in [6.07, 6.45) is 11.5. The molecule has 7 aromatic rings. The minimum Gasteiger partial charge on any atom is -0.228 e. The van der Waals surface area contributed by atoms with Crippen LogP contribution in [0.15, 0.2) is 189 Å². The first kappa shape index (κ1) is 34.8. The molecule has 0 aliphatic rings.